The monoisotopic (exact) mass is 470 g/mol. The molecule has 0 radical (unpaired) electrons. The van der Waals surface area contributed by atoms with Crippen molar-refractivity contribution in [3.05, 3.63) is 64.1 Å². The molecule has 0 heterocycles. The molecular formula is C21H20Cl2O6S. The van der Waals surface area contributed by atoms with Crippen LogP contribution in [0.1, 0.15) is 25.3 Å². The number of benzene rings is 2. The van der Waals surface area contributed by atoms with Gasteiger partial charge in [0.25, 0.3) is 0 Å². The Morgan fingerprint density at radius 1 is 0.933 bits per heavy atom. The topological polar surface area (TPSA) is 86.7 Å². The van der Waals surface area contributed by atoms with Crippen LogP contribution >= 0.6 is 23.2 Å². The molecule has 0 bridgehead atoms. The van der Waals surface area contributed by atoms with Crippen LogP contribution in [0.5, 0.6) is 0 Å². The van der Waals surface area contributed by atoms with Gasteiger partial charge in [0.1, 0.15) is 5.25 Å². The van der Waals surface area contributed by atoms with Gasteiger partial charge < -0.3 is 9.47 Å². The molecular weight excluding hydrogens is 451 g/mol. The Labute approximate surface area is 185 Å². The van der Waals surface area contributed by atoms with Gasteiger partial charge >= 0.3 is 11.9 Å². The highest BCUT2D eigenvalue weighted by molar-refractivity contribution is 7.92. The van der Waals surface area contributed by atoms with Gasteiger partial charge in [-0.05, 0) is 55.8 Å². The highest BCUT2D eigenvalue weighted by Crippen LogP contribution is 2.65. The van der Waals surface area contributed by atoms with Crippen molar-refractivity contribution >= 4 is 45.0 Å². The molecule has 9 heteroatoms. The standard InChI is InChI=1S/C21H20Cl2O6S/c1-3-28-19(24)21(20(25)29-4-2)17(13-6-5-7-15(23)12-13)18(21)30(26,27)16-10-8-14(22)9-11-16/h5-12,17-18H,3-4H2,1-2H3/t17-,18-/m1/s1. The lowest BCUT2D eigenvalue weighted by Crippen LogP contribution is -2.35. The van der Waals surface area contributed by atoms with Crippen molar-refractivity contribution in [2.75, 3.05) is 13.2 Å². The molecule has 3 rings (SSSR count). The Morgan fingerprint density at radius 2 is 1.50 bits per heavy atom. The summed E-state index contributed by atoms with van der Waals surface area (Å²) in [6, 6.07) is 12.0. The number of carbonyl (C=O) groups is 2. The molecule has 1 aliphatic rings. The van der Waals surface area contributed by atoms with Gasteiger partial charge in [0, 0.05) is 16.0 Å². The lowest BCUT2D eigenvalue weighted by molar-refractivity contribution is -0.164. The number of sulfone groups is 1. The number of carbonyl (C=O) groups excluding carboxylic acids is 2. The van der Waals surface area contributed by atoms with Crippen LogP contribution < -0.4 is 0 Å². The van der Waals surface area contributed by atoms with Gasteiger partial charge in [-0.2, -0.15) is 0 Å². The molecule has 0 aliphatic heterocycles. The van der Waals surface area contributed by atoms with Crippen LogP contribution in [-0.2, 0) is 28.9 Å². The number of hydrogen-bond acceptors (Lipinski definition) is 6. The molecule has 0 unspecified atom stereocenters. The third-order valence-electron chi connectivity index (χ3n) is 5.04. The van der Waals surface area contributed by atoms with E-state index in [0.717, 1.165) is 0 Å². The van der Waals surface area contributed by atoms with Gasteiger partial charge in [0.2, 0.25) is 0 Å². The van der Waals surface area contributed by atoms with Gasteiger partial charge in [0.15, 0.2) is 15.3 Å². The van der Waals surface area contributed by atoms with Gasteiger partial charge in [-0.15, -0.1) is 0 Å². The second-order valence-corrected chi connectivity index (χ2v) is 9.70. The zero-order valence-corrected chi connectivity index (χ0v) is 18.6. The first-order valence-corrected chi connectivity index (χ1v) is 11.6. The minimum absolute atomic E-state index is 0.0179. The van der Waals surface area contributed by atoms with E-state index < -0.39 is 38.4 Å². The van der Waals surface area contributed by atoms with Gasteiger partial charge in [-0.25, -0.2) is 8.42 Å². The Morgan fingerprint density at radius 3 is 2.00 bits per heavy atom. The van der Waals surface area contributed by atoms with Crippen LogP contribution in [0, 0.1) is 5.41 Å². The van der Waals surface area contributed by atoms with E-state index in [0.29, 0.717) is 15.6 Å². The first-order chi connectivity index (χ1) is 14.2. The molecule has 1 aliphatic carbocycles. The summed E-state index contributed by atoms with van der Waals surface area (Å²) in [6.45, 7) is 3.12. The zero-order valence-electron chi connectivity index (χ0n) is 16.3. The van der Waals surface area contributed by atoms with Crippen LogP contribution in [0.3, 0.4) is 0 Å². The maximum atomic E-state index is 13.5. The number of halogens is 2. The highest BCUT2D eigenvalue weighted by Gasteiger charge is 2.81. The van der Waals surface area contributed by atoms with Crippen molar-refractivity contribution in [1.82, 2.24) is 0 Å². The lowest BCUT2D eigenvalue weighted by Gasteiger charge is -2.15. The fourth-order valence-electron chi connectivity index (χ4n) is 3.76. The molecule has 6 nitrogen and oxygen atoms in total. The minimum atomic E-state index is -4.13. The molecule has 0 saturated heterocycles. The maximum Gasteiger partial charge on any atom is 0.325 e. The summed E-state index contributed by atoms with van der Waals surface area (Å²) < 4.78 is 37.3. The van der Waals surface area contributed by atoms with E-state index in [-0.39, 0.29) is 18.1 Å². The molecule has 2 atom stereocenters. The molecule has 0 amide bonds. The van der Waals surface area contributed by atoms with Gasteiger partial charge in [-0.1, -0.05) is 35.3 Å². The van der Waals surface area contributed by atoms with E-state index >= 15 is 0 Å². The second kappa shape index (κ2) is 8.57. The third-order valence-corrected chi connectivity index (χ3v) is 7.77. The molecule has 2 aromatic rings. The molecule has 0 spiro atoms. The average molecular weight is 471 g/mol. The summed E-state index contributed by atoms with van der Waals surface area (Å²) in [5.41, 5.74) is -1.58. The van der Waals surface area contributed by atoms with E-state index in [1.807, 2.05) is 0 Å². The largest absolute Gasteiger partial charge is 0.465 e. The molecule has 1 fully saturated rings. The van der Waals surface area contributed by atoms with Crippen molar-refractivity contribution in [1.29, 1.82) is 0 Å². The summed E-state index contributed by atoms with van der Waals surface area (Å²) in [5.74, 6) is -2.87. The van der Waals surface area contributed by atoms with Crippen LogP contribution in [0.25, 0.3) is 0 Å². The molecule has 30 heavy (non-hydrogen) atoms. The predicted octanol–water partition coefficient (Wildman–Crippen LogP) is 4.05. The zero-order chi connectivity index (χ0) is 22.1. The highest BCUT2D eigenvalue weighted by atomic mass is 35.5. The van der Waals surface area contributed by atoms with Crippen LogP contribution in [0.4, 0.5) is 0 Å². The van der Waals surface area contributed by atoms with Crippen LogP contribution in [0.15, 0.2) is 53.4 Å². The van der Waals surface area contributed by atoms with Gasteiger partial charge in [-0.3, -0.25) is 9.59 Å². The fraction of sp³-hybridized carbons (Fsp3) is 0.333. The van der Waals surface area contributed by atoms with Crippen molar-refractivity contribution < 1.29 is 27.5 Å². The molecule has 160 valence electrons. The molecule has 0 aromatic heterocycles. The summed E-state index contributed by atoms with van der Waals surface area (Å²) in [5, 5.41) is -0.690. The molecule has 2 aromatic carbocycles. The first kappa shape index (κ1) is 22.6. The normalized spacial score (nSPS) is 19.7. The van der Waals surface area contributed by atoms with Crippen molar-refractivity contribution in [2.45, 2.75) is 29.9 Å². The summed E-state index contributed by atoms with van der Waals surface area (Å²) in [4.78, 5) is 26.0. The van der Waals surface area contributed by atoms with Crippen molar-refractivity contribution in [3.8, 4) is 0 Å². The number of rotatable bonds is 7. The Balaban J connectivity index is 2.21. The van der Waals surface area contributed by atoms with E-state index in [2.05, 4.69) is 0 Å². The van der Waals surface area contributed by atoms with Crippen molar-refractivity contribution in [3.63, 3.8) is 0 Å². The van der Waals surface area contributed by atoms with E-state index in [1.165, 1.54) is 30.3 Å². The number of esters is 2. The smallest absolute Gasteiger partial charge is 0.325 e. The number of hydrogen-bond donors (Lipinski definition) is 0. The molecule has 0 N–H and O–H groups in total. The van der Waals surface area contributed by atoms with Crippen LogP contribution in [0.2, 0.25) is 10.0 Å². The van der Waals surface area contributed by atoms with Crippen molar-refractivity contribution in [2.24, 2.45) is 5.41 Å². The summed E-state index contributed by atoms with van der Waals surface area (Å²) in [7, 11) is -4.13. The maximum absolute atomic E-state index is 13.5. The lowest BCUT2D eigenvalue weighted by atomic mass is 9.99. The SMILES string of the molecule is CCOC(=O)C1(C(=O)OCC)[C@H](c2cccc(Cl)c2)[C@H]1S(=O)(=O)c1ccc(Cl)cc1. The van der Waals surface area contributed by atoms with Crippen LogP contribution in [-0.4, -0.2) is 38.8 Å². The first-order valence-electron chi connectivity index (χ1n) is 9.30. The van der Waals surface area contributed by atoms with E-state index in [9.17, 15) is 18.0 Å². The quantitative estimate of drug-likeness (QED) is 0.448. The summed E-state index contributed by atoms with van der Waals surface area (Å²) >= 11 is 12.0. The third kappa shape index (κ3) is 3.70. The van der Waals surface area contributed by atoms with E-state index in [4.69, 9.17) is 32.7 Å². The second-order valence-electron chi connectivity index (χ2n) is 6.76. The summed E-state index contributed by atoms with van der Waals surface area (Å²) in [6.07, 6.45) is 0. The minimum Gasteiger partial charge on any atom is -0.465 e. The van der Waals surface area contributed by atoms with E-state index in [1.54, 1.807) is 32.0 Å². The molecule has 1 saturated carbocycles. The van der Waals surface area contributed by atoms with Gasteiger partial charge in [0.05, 0.1) is 18.1 Å². The Hall–Kier alpha value is -2.09. The Bertz CT molecular complexity index is 1050. The Kier molecular flexibility index (Phi) is 6.45. The fourth-order valence-corrected chi connectivity index (χ4v) is 6.37. The number of ether oxygens (including phenoxy) is 2. The predicted molar refractivity (Wildman–Crippen MR) is 112 cm³/mol. The average Bonchev–Trinajstić information content (AvgIpc) is 3.41.